The molecule has 0 saturated carbocycles. The average molecular weight is 367 g/mol. The number of rotatable bonds is 6. The summed E-state index contributed by atoms with van der Waals surface area (Å²) < 4.78 is 11.7. The number of hydrogen-bond acceptors (Lipinski definition) is 3. The molecule has 3 rings (SSSR count). The van der Waals surface area contributed by atoms with Gasteiger partial charge in [0.05, 0.1) is 0 Å². The second kappa shape index (κ2) is 8.60. The van der Waals surface area contributed by atoms with E-state index >= 15 is 0 Å². The molecule has 1 aliphatic rings. The van der Waals surface area contributed by atoms with Crippen LogP contribution in [0.3, 0.4) is 0 Å². The summed E-state index contributed by atoms with van der Waals surface area (Å²) in [4.78, 5) is 12.4. The maximum absolute atomic E-state index is 12.4. The van der Waals surface area contributed by atoms with Crippen molar-refractivity contribution in [3.05, 3.63) is 62.5 Å². The van der Waals surface area contributed by atoms with Gasteiger partial charge in [0.1, 0.15) is 17.9 Å². The Labute approximate surface area is 161 Å². The van der Waals surface area contributed by atoms with Crippen molar-refractivity contribution < 1.29 is 9.15 Å². The molecule has 1 aromatic heterocycles. The normalized spacial score (nSPS) is 14.1. The monoisotopic (exact) mass is 366 g/mol. The Hall–Kier alpha value is -2.29. The molecular formula is C24H30O3. The number of benzene rings is 1. The van der Waals surface area contributed by atoms with Crippen LogP contribution in [0.1, 0.15) is 63.1 Å². The van der Waals surface area contributed by atoms with Gasteiger partial charge in [0.15, 0.2) is 0 Å². The Bertz CT molecular complexity index is 940. The number of allylic oxidation sites excluding steroid dienone is 3. The van der Waals surface area contributed by atoms with Gasteiger partial charge in [0, 0.05) is 16.5 Å². The van der Waals surface area contributed by atoms with E-state index in [0.29, 0.717) is 12.2 Å². The van der Waals surface area contributed by atoms with Crippen LogP contribution in [-0.4, -0.2) is 6.61 Å². The van der Waals surface area contributed by atoms with Crippen molar-refractivity contribution in [2.45, 2.75) is 66.2 Å². The second-order valence-electron chi connectivity index (χ2n) is 7.80. The maximum Gasteiger partial charge on any atom is 0.339 e. The Kier molecular flexibility index (Phi) is 6.20. The minimum atomic E-state index is -0.174. The van der Waals surface area contributed by atoms with E-state index in [9.17, 15) is 4.79 Å². The van der Waals surface area contributed by atoms with E-state index < -0.39 is 0 Å². The SMILES string of the molecule is CC(C)=CCC/C(C)=C\COc1ccc2c3c(c(=O)oc2c1C)CCCC3. The van der Waals surface area contributed by atoms with Gasteiger partial charge >= 0.3 is 5.63 Å². The van der Waals surface area contributed by atoms with Gasteiger partial charge in [0.2, 0.25) is 0 Å². The van der Waals surface area contributed by atoms with E-state index in [1.165, 1.54) is 16.7 Å². The van der Waals surface area contributed by atoms with E-state index in [1.54, 1.807) is 0 Å². The number of hydrogen-bond donors (Lipinski definition) is 0. The highest BCUT2D eigenvalue weighted by atomic mass is 16.5. The lowest BCUT2D eigenvalue weighted by atomic mass is 9.90. The standard InChI is InChI=1S/C24H30O3/c1-16(2)8-7-9-17(3)14-15-26-22-13-12-20-19-10-5-6-11-21(19)24(25)27-23(20)18(22)4/h8,12-14H,5-7,9-11,15H2,1-4H3/b17-14-. The van der Waals surface area contributed by atoms with Gasteiger partial charge in [-0.05, 0) is 90.0 Å². The summed E-state index contributed by atoms with van der Waals surface area (Å²) in [5.74, 6) is 0.787. The van der Waals surface area contributed by atoms with Crippen LogP contribution >= 0.6 is 0 Å². The number of ether oxygens (including phenoxy) is 1. The lowest BCUT2D eigenvalue weighted by molar-refractivity contribution is 0.358. The maximum atomic E-state index is 12.4. The summed E-state index contributed by atoms with van der Waals surface area (Å²) in [6.07, 6.45) is 10.5. The first-order chi connectivity index (χ1) is 13.0. The van der Waals surface area contributed by atoms with Crippen LogP contribution in [0.5, 0.6) is 5.75 Å². The molecule has 1 aromatic carbocycles. The Morgan fingerprint density at radius 1 is 1.11 bits per heavy atom. The van der Waals surface area contributed by atoms with Gasteiger partial charge in [-0.3, -0.25) is 0 Å². The third kappa shape index (κ3) is 4.52. The molecule has 2 aromatic rings. The van der Waals surface area contributed by atoms with Crippen LogP contribution in [-0.2, 0) is 12.8 Å². The van der Waals surface area contributed by atoms with Crippen molar-refractivity contribution in [3.8, 4) is 5.75 Å². The summed E-state index contributed by atoms with van der Waals surface area (Å²) in [6, 6.07) is 4.06. The third-order valence-electron chi connectivity index (χ3n) is 5.35. The number of aryl methyl sites for hydroxylation is 2. The molecule has 0 bridgehead atoms. The molecule has 0 saturated heterocycles. The highest BCUT2D eigenvalue weighted by molar-refractivity contribution is 5.86. The topological polar surface area (TPSA) is 39.4 Å². The lowest BCUT2D eigenvalue weighted by Gasteiger charge is -2.17. The zero-order valence-electron chi connectivity index (χ0n) is 17.0. The molecule has 0 radical (unpaired) electrons. The Morgan fingerprint density at radius 2 is 1.85 bits per heavy atom. The fraction of sp³-hybridized carbons (Fsp3) is 0.458. The molecule has 0 unspecified atom stereocenters. The van der Waals surface area contributed by atoms with Gasteiger partial charge in [-0.25, -0.2) is 4.79 Å². The van der Waals surface area contributed by atoms with Crippen molar-refractivity contribution >= 4 is 11.0 Å². The first kappa shape index (κ1) is 19.5. The molecule has 1 heterocycles. The fourth-order valence-corrected chi connectivity index (χ4v) is 3.75. The van der Waals surface area contributed by atoms with Crippen LogP contribution in [0, 0.1) is 6.92 Å². The predicted octanol–water partition coefficient (Wildman–Crippen LogP) is 6.05. The second-order valence-corrected chi connectivity index (χ2v) is 7.80. The summed E-state index contributed by atoms with van der Waals surface area (Å²) in [7, 11) is 0. The van der Waals surface area contributed by atoms with E-state index in [-0.39, 0.29) is 5.63 Å². The predicted molar refractivity (Wildman–Crippen MR) is 112 cm³/mol. The molecule has 0 aliphatic heterocycles. The van der Waals surface area contributed by atoms with Gasteiger partial charge < -0.3 is 9.15 Å². The van der Waals surface area contributed by atoms with Gasteiger partial charge in [-0.15, -0.1) is 0 Å². The highest BCUT2D eigenvalue weighted by Gasteiger charge is 2.19. The average Bonchev–Trinajstić information content (AvgIpc) is 2.64. The van der Waals surface area contributed by atoms with Crippen LogP contribution in [0.4, 0.5) is 0 Å². The molecular weight excluding hydrogens is 336 g/mol. The van der Waals surface area contributed by atoms with E-state index in [1.807, 2.05) is 13.0 Å². The van der Waals surface area contributed by atoms with Crippen molar-refractivity contribution in [3.63, 3.8) is 0 Å². The zero-order valence-corrected chi connectivity index (χ0v) is 17.0. The summed E-state index contributed by atoms with van der Waals surface area (Å²) in [5.41, 5.74) is 6.15. The van der Waals surface area contributed by atoms with Crippen molar-refractivity contribution in [2.75, 3.05) is 6.61 Å². The summed E-state index contributed by atoms with van der Waals surface area (Å²) in [5, 5.41) is 1.07. The fourth-order valence-electron chi connectivity index (χ4n) is 3.75. The van der Waals surface area contributed by atoms with Crippen LogP contribution < -0.4 is 10.4 Å². The molecule has 3 heteroatoms. The molecule has 0 spiro atoms. The molecule has 3 nitrogen and oxygen atoms in total. The van der Waals surface area contributed by atoms with Gasteiger partial charge in [-0.1, -0.05) is 17.2 Å². The van der Waals surface area contributed by atoms with Crippen LogP contribution in [0.15, 0.2) is 44.6 Å². The summed E-state index contributed by atoms with van der Waals surface area (Å²) in [6.45, 7) is 8.89. The molecule has 0 atom stereocenters. The van der Waals surface area contributed by atoms with Crippen LogP contribution in [0.2, 0.25) is 0 Å². The molecule has 0 N–H and O–H groups in total. The lowest BCUT2D eigenvalue weighted by Crippen LogP contribution is -2.16. The first-order valence-corrected chi connectivity index (χ1v) is 9.97. The molecule has 144 valence electrons. The molecule has 1 aliphatic carbocycles. The zero-order chi connectivity index (χ0) is 19.4. The number of fused-ring (bicyclic) bond motifs is 3. The minimum absolute atomic E-state index is 0.174. The van der Waals surface area contributed by atoms with Crippen molar-refractivity contribution in [1.29, 1.82) is 0 Å². The van der Waals surface area contributed by atoms with Crippen molar-refractivity contribution in [1.82, 2.24) is 0 Å². The quantitative estimate of drug-likeness (QED) is 0.461. The van der Waals surface area contributed by atoms with Gasteiger partial charge in [-0.2, -0.15) is 0 Å². The van der Waals surface area contributed by atoms with E-state index in [4.69, 9.17) is 9.15 Å². The summed E-state index contributed by atoms with van der Waals surface area (Å²) >= 11 is 0. The Morgan fingerprint density at radius 3 is 2.59 bits per heavy atom. The molecule has 0 fully saturated rings. The van der Waals surface area contributed by atoms with Crippen LogP contribution in [0.25, 0.3) is 11.0 Å². The first-order valence-electron chi connectivity index (χ1n) is 9.97. The van der Waals surface area contributed by atoms with E-state index in [0.717, 1.165) is 60.8 Å². The largest absolute Gasteiger partial charge is 0.489 e. The smallest absolute Gasteiger partial charge is 0.339 e. The molecule has 27 heavy (non-hydrogen) atoms. The Balaban J connectivity index is 1.77. The highest BCUT2D eigenvalue weighted by Crippen LogP contribution is 2.32. The minimum Gasteiger partial charge on any atom is -0.489 e. The van der Waals surface area contributed by atoms with Gasteiger partial charge in [0.25, 0.3) is 0 Å². The third-order valence-corrected chi connectivity index (χ3v) is 5.35. The van der Waals surface area contributed by atoms with Crippen molar-refractivity contribution in [2.24, 2.45) is 0 Å². The van der Waals surface area contributed by atoms with E-state index in [2.05, 4.69) is 39.0 Å². The molecule has 0 amide bonds.